The Morgan fingerprint density at radius 3 is 3.00 bits per heavy atom. The minimum atomic E-state index is -0.314. The summed E-state index contributed by atoms with van der Waals surface area (Å²) in [5, 5.41) is 4.73. The van der Waals surface area contributed by atoms with E-state index in [1.54, 1.807) is 12.3 Å². The molecule has 4 rings (SSSR count). The maximum absolute atomic E-state index is 14.0. The Morgan fingerprint density at radius 1 is 1.32 bits per heavy atom. The third kappa shape index (κ3) is 3.25. The van der Waals surface area contributed by atoms with Gasteiger partial charge in [-0.25, -0.2) is 4.39 Å². The molecule has 1 aromatic carbocycles. The molecule has 0 spiro atoms. The molecule has 3 aromatic rings. The third-order valence-corrected chi connectivity index (χ3v) is 4.91. The standard InChI is InChI=1S/C19H15FN2O2S/c20-13-8-12-9-14(11-22-19(23)17-5-3-7-25-17)24-18(12)15(10-13)16-4-1-2-6-21-16/h1-8,10,14H,9,11H2,(H,22,23)/t14-/m1/s1. The zero-order valence-electron chi connectivity index (χ0n) is 13.2. The van der Waals surface area contributed by atoms with Crippen LogP contribution in [0.5, 0.6) is 5.75 Å². The van der Waals surface area contributed by atoms with E-state index in [1.807, 2.05) is 29.6 Å². The third-order valence-electron chi connectivity index (χ3n) is 4.04. The second-order valence-corrected chi connectivity index (χ2v) is 6.74. The minimum Gasteiger partial charge on any atom is -0.487 e. The summed E-state index contributed by atoms with van der Waals surface area (Å²) in [7, 11) is 0. The van der Waals surface area contributed by atoms with Gasteiger partial charge in [0.2, 0.25) is 0 Å². The molecule has 1 atom stereocenters. The Kier molecular flexibility index (Phi) is 4.19. The monoisotopic (exact) mass is 354 g/mol. The number of ether oxygens (including phenoxy) is 1. The molecule has 0 bridgehead atoms. The van der Waals surface area contributed by atoms with Crippen molar-refractivity contribution in [3.8, 4) is 17.0 Å². The van der Waals surface area contributed by atoms with Crippen LogP contribution in [-0.4, -0.2) is 23.5 Å². The number of aromatic nitrogens is 1. The number of carbonyl (C=O) groups is 1. The summed E-state index contributed by atoms with van der Waals surface area (Å²) in [6.45, 7) is 0.370. The van der Waals surface area contributed by atoms with Gasteiger partial charge >= 0.3 is 0 Å². The van der Waals surface area contributed by atoms with Gasteiger partial charge in [0.25, 0.3) is 5.91 Å². The highest BCUT2D eigenvalue weighted by Gasteiger charge is 2.27. The van der Waals surface area contributed by atoms with Gasteiger partial charge in [0, 0.05) is 23.7 Å². The van der Waals surface area contributed by atoms with Crippen LogP contribution in [0.3, 0.4) is 0 Å². The number of nitrogens with zero attached hydrogens (tertiary/aromatic N) is 1. The quantitative estimate of drug-likeness (QED) is 0.778. The van der Waals surface area contributed by atoms with Gasteiger partial charge in [-0.2, -0.15) is 0 Å². The fourth-order valence-electron chi connectivity index (χ4n) is 2.92. The van der Waals surface area contributed by atoms with Crippen LogP contribution >= 0.6 is 11.3 Å². The van der Waals surface area contributed by atoms with Gasteiger partial charge < -0.3 is 10.1 Å². The first kappa shape index (κ1) is 15.8. The van der Waals surface area contributed by atoms with Gasteiger partial charge in [0.1, 0.15) is 17.7 Å². The normalized spacial score (nSPS) is 15.5. The molecule has 126 valence electrons. The Morgan fingerprint density at radius 2 is 2.24 bits per heavy atom. The predicted octanol–water partition coefficient (Wildman–Crippen LogP) is 3.68. The fourth-order valence-corrected chi connectivity index (χ4v) is 3.56. The van der Waals surface area contributed by atoms with Gasteiger partial charge in [-0.1, -0.05) is 12.1 Å². The van der Waals surface area contributed by atoms with Crippen molar-refractivity contribution in [1.82, 2.24) is 10.3 Å². The summed E-state index contributed by atoms with van der Waals surface area (Å²) in [6.07, 6.45) is 2.00. The van der Waals surface area contributed by atoms with E-state index in [4.69, 9.17) is 4.74 Å². The first-order valence-electron chi connectivity index (χ1n) is 7.93. The molecule has 0 saturated heterocycles. The Bertz CT molecular complexity index is 897. The zero-order chi connectivity index (χ0) is 17.2. The molecule has 1 aliphatic rings. The topological polar surface area (TPSA) is 51.2 Å². The minimum absolute atomic E-state index is 0.120. The van der Waals surface area contributed by atoms with E-state index in [-0.39, 0.29) is 17.8 Å². The van der Waals surface area contributed by atoms with Crippen LogP contribution in [0, 0.1) is 5.82 Å². The van der Waals surface area contributed by atoms with Crippen LogP contribution in [0.1, 0.15) is 15.2 Å². The summed E-state index contributed by atoms with van der Waals surface area (Å²) >= 11 is 1.39. The molecule has 1 N–H and O–H groups in total. The SMILES string of the molecule is O=C(NC[C@H]1Cc2cc(F)cc(-c3ccccn3)c2O1)c1cccs1. The van der Waals surface area contributed by atoms with Crippen molar-refractivity contribution in [3.05, 3.63) is 70.3 Å². The summed E-state index contributed by atoms with van der Waals surface area (Å²) < 4.78 is 20.0. The Balaban J connectivity index is 1.51. The molecule has 0 fully saturated rings. The van der Waals surface area contributed by atoms with Gasteiger partial charge in [-0.3, -0.25) is 9.78 Å². The lowest BCUT2D eigenvalue weighted by molar-refractivity contribution is 0.0937. The van der Waals surface area contributed by atoms with E-state index in [0.717, 1.165) is 5.56 Å². The van der Waals surface area contributed by atoms with Crippen molar-refractivity contribution in [1.29, 1.82) is 0 Å². The number of thiophene rings is 1. The summed E-state index contributed by atoms with van der Waals surface area (Å²) in [5.74, 6) is 0.215. The number of carbonyl (C=O) groups excluding carboxylic acids is 1. The maximum atomic E-state index is 14.0. The van der Waals surface area contributed by atoms with Crippen LogP contribution in [0.4, 0.5) is 4.39 Å². The number of fused-ring (bicyclic) bond motifs is 1. The van der Waals surface area contributed by atoms with Crippen LogP contribution in [0.25, 0.3) is 11.3 Å². The van der Waals surface area contributed by atoms with Crippen LogP contribution in [0.15, 0.2) is 54.0 Å². The molecule has 0 radical (unpaired) electrons. The average molecular weight is 354 g/mol. The molecule has 6 heteroatoms. The largest absolute Gasteiger partial charge is 0.487 e. The van der Waals surface area contributed by atoms with Crippen LogP contribution < -0.4 is 10.1 Å². The van der Waals surface area contributed by atoms with E-state index in [0.29, 0.717) is 34.8 Å². The number of halogens is 1. The fraction of sp³-hybridized carbons (Fsp3) is 0.158. The predicted molar refractivity (Wildman–Crippen MR) is 94.4 cm³/mol. The first-order chi connectivity index (χ1) is 12.2. The molecule has 3 heterocycles. The molecular formula is C19H15FN2O2S. The van der Waals surface area contributed by atoms with E-state index < -0.39 is 0 Å². The van der Waals surface area contributed by atoms with Crippen molar-refractivity contribution in [3.63, 3.8) is 0 Å². The molecule has 25 heavy (non-hydrogen) atoms. The second-order valence-electron chi connectivity index (χ2n) is 5.79. The van der Waals surface area contributed by atoms with Crippen LogP contribution in [-0.2, 0) is 6.42 Å². The lowest BCUT2D eigenvalue weighted by atomic mass is 10.0. The molecule has 2 aromatic heterocycles. The highest BCUT2D eigenvalue weighted by molar-refractivity contribution is 7.12. The highest BCUT2D eigenvalue weighted by atomic mass is 32.1. The van der Waals surface area contributed by atoms with Crippen molar-refractivity contribution in [2.75, 3.05) is 6.54 Å². The molecule has 4 nitrogen and oxygen atoms in total. The summed E-state index contributed by atoms with van der Waals surface area (Å²) in [6, 6.07) is 12.0. The van der Waals surface area contributed by atoms with E-state index >= 15 is 0 Å². The molecule has 1 amide bonds. The van der Waals surface area contributed by atoms with E-state index in [9.17, 15) is 9.18 Å². The summed E-state index contributed by atoms with van der Waals surface area (Å²) in [4.78, 5) is 17.0. The first-order valence-corrected chi connectivity index (χ1v) is 8.81. The number of benzene rings is 1. The molecular weight excluding hydrogens is 339 g/mol. The maximum Gasteiger partial charge on any atom is 0.261 e. The number of hydrogen-bond acceptors (Lipinski definition) is 4. The Hall–Kier alpha value is -2.73. The van der Waals surface area contributed by atoms with E-state index in [2.05, 4.69) is 10.3 Å². The average Bonchev–Trinajstić information content (AvgIpc) is 3.29. The molecule has 1 aliphatic heterocycles. The van der Waals surface area contributed by atoms with Gasteiger partial charge in [0.05, 0.1) is 17.1 Å². The van der Waals surface area contributed by atoms with Gasteiger partial charge in [-0.05, 0) is 35.7 Å². The molecule has 0 saturated carbocycles. The Labute approximate surface area is 148 Å². The number of hydrogen-bond donors (Lipinski definition) is 1. The smallest absolute Gasteiger partial charge is 0.261 e. The lowest BCUT2D eigenvalue weighted by Gasteiger charge is -2.13. The number of pyridine rings is 1. The van der Waals surface area contributed by atoms with Crippen LogP contribution in [0.2, 0.25) is 0 Å². The lowest BCUT2D eigenvalue weighted by Crippen LogP contribution is -2.34. The second kappa shape index (κ2) is 6.64. The van der Waals surface area contributed by atoms with Gasteiger partial charge in [0.15, 0.2) is 0 Å². The van der Waals surface area contributed by atoms with E-state index in [1.165, 1.54) is 23.5 Å². The number of amides is 1. The van der Waals surface area contributed by atoms with Crippen molar-refractivity contribution in [2.45, 2.75) is 12.5 Å². The number of rotatable bonds is 4. The number of nitrogens with one attached hydrogen (secondary N) is 1. The highest BCUT2D eigenvalue weighted by Crippen LogP contribution is 2.38. The molecule has 0 aliphatic carbocycles. The van der Waals surface area contributed by atoms with Crippen molar-refractivity contribution < 1.29 is 13.9 Å². The zero-order valence-corrected chi connectivity index (χ0v) is 14.1. The van der Waals surface area contributed by atoms with Crippen molar-refractivity contribution in [2.24, 2.45) is 0 Å². The summed E-state index contributed by atoms with van der Waals surface area (Å²) in [5.41, 5.74) is 2.11. The molecule has 0 unspecified atom stereocenters. The van der Waals surface area contributed by atoms with Crippen molar-refractivity contribution >= 4 is 17.2 Å². The van der Waals surface area contributed by atoms with Gasteiger partial charge in [-0.15, -0.1) is 11.3 Å².